The maximum Gasteiger partial charge on any atom is 0.414 e. The molecule has 1 fully saturated rings. The largest absolute Gasteiger partial charge is 0.483 e. The number of para-hydroxylation sites is 3. The molecule has 7 nitrogen and oxygen atoms in total. The van der Waals surface area contributed by atoms with E-state index in [2.05, 4.69) is 5.32 Å². The van der Waals surface area contributed by atoms with Crippen molar-refractivity contribution in [3.05, 3.63) is 48.0 Å². The predicted molar refractivity (Wildman–Crippen MR) is 104 cm³/mol. The van der Waals surface area contributed by atoms with Crippen LogP contribution >= 0.6 is 0 Å². The van der Waals surface area contributed by atoms with E-state index in [9.17, 15) is 9.59 Å². The van der Waals surface area contributed by atoms with Gasteiger partial charge in [0, 0.05) is 12.0 Å². The zero-order valence-corrected chi connectivity index (χ0v) is 15.9. The van der Waals surface area contributed by atoms with E-state index in [4.69, 9.17) is 14.2 Å². The minimum absolute atomic E-state index is 0.168. The molecule has 0 bridgehead atoms. The van der Waals surface area contributed by atoms with Crippen molar-refractivity contribution in [2.75, 3.05) is 30.0 Å². The first-order valence-electron chi connectivity index (χ1n) is 9.20. The molecule has 146 valence electrons. The summed E-state index contributed by atoms with van der Waals surface area (Å²) in [5.74, 6) is 0.921. The number of nitrogens with zero attached hydrogens (tertiary/aromatic N) is 1. The van der Waals surface area contributed by atoms with E-state index in [1.807, 2.05) is 26.0 Å². The Hall–Kier alpha value is -3.22. The lowest BCUT2D eigenvalue weighted by atomic mass is 10.0. The molecule has 0 aromatic heterocycles. The van der Waals surface area contributed by atoms with Crippen LogP contribution in [0.3, 0.4) is 0 Å². The van der Waals surface area contributed by atoms with Crippen molar-refractivity contribution in [1.29, 1.82) is 0 Å². The lowest BCUT2D eigenvalue weighted by Crippen LogP contribution is -2.27. The van der Waals surface area contributed by atoms with Gasteiger partial charge in [0.05, 0.1) is 17.9 Å². The van der Waals surface area contributed by atoms with Gasteiger partial charge < -0.3 is 19.5 Å². The number of hydrogen-bond acceptors (Lipinski definition) is 5. The van der Waals surface area contributed by atoms with Crippen LogP contribution in [-0.2, 0) is 16.0 Å². The van der Waals surface area contributed by atoms with Crippen LogP contribution in [0.1, 0.15) is 19.4 Å². The molecule has 4 rings (SSSR count). The Labute approximate surface area is 163 Å². The number of benzene rings is 2. The molecule has 0 atom stereocenters. The molecule has 2 heterocycles. The van der Waals surface area contributed by atoms with Gasteiger partial charge in [0.1, 0.15) is 12.2 Å². The van der Waals surface area contributed by atoms with Crippen LogP contribution in [-0.4, -0.2) is 37.4 Å². The molecule has 28 heavy (non-hydrogen) atoms. The topological polar surface area (TPSA) is 77.1 Å². The fraction of sp³-hybridized carbons (Fsp3) is 0.333. The van der Waals surface area contributed by atoms with Gasteiger partial charge in [-0.25, -0.2) is 4.79 Å². The molecule has 1 N–H and O–H groups in total. The van der Waals surface area contributed by atoms with E-state index in [0.29, 0.717) is 36.0 Å². The van der Waals surface area contributed by atoms with Gasteiger partial charge in [-0.2, -0.15) is 0 Å². The molecule has 2 aromatic rings. The number of amides is 2. The molecule has 7 heteroatoms. The van der Waals surface area contributed by atoms with E-state index < -0.39 is 6.09 Å². The molecule has 2 aliphatic rings. The van der Waals surface area contributed by atoms with Gasteiger partial charge in [-0.1, -0.05) is 24.3 Å². The first kappa shape index (κ1) is 18.2. The molecule has 0 spiro atoms. The van der Waals surface area contributed by atoms with Gasteiger partial charge in [0.25, 0.3) is 5.91 Å². The third-order valence-corrected chi connectivity index (χ3v) is 4.64. The summed E-state index contributed by atoms with van der Waals surface area (Å²) in [5.41, 5.74) is 1.92. The first-order chi connectivity index (χ1) is 13.4. The Bertz CT molecular complexity index is 925. The molecular formula is C21H22N2O5. The molecule has 0 saturated carbocycles. The number of anilines is 2. The van der Waals surface area contributed by atoms with E-state index in [0.717, 1.165) is 12.0 Å². The summed E-state index contributed by atoms with van der Waals surface area (Å²) >= 11 is 0. The van der Waals surface area contributed by atoms with Gasteiger partial charge in [-0.15, -0.1) is 0 Å². The number of fused-ring (bicyclic) bond motifs is 1. The average Bonchev–Trinajstić information content (AvgIpc) is 3.21. The monoisotopic (exact) mass is 382 g/mol. The Balaban J connectivity index is 1.43. The summed E-state index contributed by atoms with van der Waals surface area (Å²) in [6.45, 7) is 4.65. The highest BCUT2D eigenvalue weighted by Crippen LogP contribution is 2.41. The van der Waals surface area contributed by atoms with Gasteiger partial charge in [0.15, 0.2) is 18.1 Å². The van der Waals surface area contributed by atoms with Crippen LogP contribution in [0.25, 0.3) is 0 Å². The van der Waals surface area contributed by atoms with E-state index in [1.54, 1.807) is 30.3 Å². The Morgan fingerprint density at radius 3 is 2.82 bits per heavy atom. The highest BCUT2D eigenvalue weighted by atomic mass is 16.6. The highest BCUT2D eigenvalue weighted by molar-refractivity contribution is 6.00. The second-order valence-electron chi connectivity index (χ2n) is 7.40. The highest BCUT2D eigenvalue weighted by Gasteiger charge is 2.32. The van der Waals surface area contributed by atoms with Crippen LogP contribution in [0, 0.1) is 0 Å². The molecule has 2 aromatic carbocycles. The van der Waals surface area contributed by atoms with Gasteiger partial charge >= 0.3 is 6.09 Å². The zero-order chi connectivity index (χ0) is 19.7. The smallest absolute Gasteiger partial charge is 0.414 e. The molecule has 1 saturated heterocycles. The number of cyclic esters (lactones) is 1. The summed E-state index contributed by atoms with van der Waals surface area (Å²) in [6.07, 6.45) is 0.378. The van der Waals surface area contributed by atoms with Crippen LogP contribution in [0.5, 0.6) is 11.5 Å². The molecule has 2 aliphatic heterocycles. The lowest BCUT2D eigenvalue weighted by Gasteiger charge is -2.19. The summed E-state index contributed by atoms with van der Waals surface area (Å²) in [6, 6.07) is 12.8. The zero-order valence-electron chi connectivity index (χ0n) is 15.9. The second kappa shape index (κ2) is 7.07. The van der Waals surface area contributed by atoms with Crippen molar-refractivity contribution in [1.82, 2.24) is 0 Å². The molecule has 0 aliphatic carbocycles. The average molecular weight is 382 g/mol. The van der Waals surface area contributed by atoms with Crippen molar-refractivity contribution >= 4 is 23.4 Å². The van der Waals surface area contributed by atoms with Crippen molar-refractivity contribution in [3.8, 4) is 11.5 Å². The predicted octanol–water partition coefficient (Wildman–Crippen LogP) is 3.37. The van der Waals surface area contributed by atoms with E-state index >= 15 is 0 Å². The van der Waals surface area contributed by atoms with E-state index in [-0.39, 0.29) is 18.1 Å². The first-order valence-corrected chi connectivity index (χ1v) is 9.20. The van der Waals surface area contributed by atoms with Crippen LogP contribution in [0.2, 0.25) is 0 Å². The Morgan fingerprint density at radius 2 is 2.04 bits per heavy atom. The summed E-state index contributed by atoms with van der Waals surface area (Å²) in [4.78, 5) is 25.8. The number of rotatable bonds is 5. The number of hydrogen-bond donors (Lipinski definition) is 1. The number of carbonyl (C=O) groups excluding carboxylic acids is 2. The minimum Gasteiger partial charge on any atom is -0.483 e. The van der Waals surface area contributed by atoms with Crippen LogP contribution in [0.4, 0.5) is 16.2 Å². The fourth-order valence-electron chi connectivity index (χ4n) is 3.46. The number of nitrogens with one attached hydrogen (secondary N) is 1. The van der Waals surface area contributed by atoms with Gasteiger partial charge in [-0.3, -0.25) is 9.69 Å². The fourth-order valence-corrected chi connectivity index (χ4v) is 3.46. The van der Waals surface area contributed by atoms with Crippen molar-refractivity contribution in [3.63, 3.8) is 0 Å². The van der Waals surface area contributed by atoms with Crippen LogP contribution < -0.4 is 19.7 Å². The number of ether oxygens (including phenoxy) is 3. The maximum absolute atomic E-state index is 12.5. The third-order valence-electron chi connectivity index (χ3n) is 4.64. The molecule has 0 unspecified atom stereocenters. The molecule has 0 radical (unpaired) electrons. The summed E-state index contributed by atoms with van der Waals surface area (Å²) in [7, 11) is 0. The minimum atomic E-state index is -0.419. The van der Waals surface area contributed by atoms with Crippen molar-refractivity contribution in [2.45, 2.75) is 25.9 Å². The van der Waals surface area contributed by atoms with Crippen LogP contribution in [0.15, 0.2) is 42.5 Å². The quantitative estimate of drug-likeness (QED) is 0.858. The van der Waals surface area contributed by atoms with Crippen molar-refractivity contribution in [2.24, 2.45) is 0 Å². The summed E-state index contributed by atoms with van der Waals surface area (Å²) in [5, 5.41) is 2.81. The van der Waals surface area contributed by atoms with Gasteiger partial charge in [-0.05, 0) is 32.0 Å². The number of carbonyl (C=O) groups is 2. The maximum atomic E-state index is 12.5. The standard InChI is InChI=1S/C21H22N2O5/c1-21(2)12-14-6-5-9-17(19(14)28-21)27-13-18(24)22-15-7-3-4-8-16(15)23-10-11-26-20(23)25/h3-9H,10-13H2,1-2H3,(H,22,24). The SMILES string of the molecule is CC1(C)Cc2cccc(OCC(=O)Nc3ccccc3N3CCOC3=O)c2O1. The lowest BCUT2D eigenvalue weighted by molar-refractivity contribution is -0.118. The summed E-state index contributed by atoms with van der Waals surface area (Å²) < 4.78 is 16.7. The third kappa shape index (κ3) is 3.60. The normalized spacial score (nSPS) is 16.9. The van der Waals surface area contributed by atoms with Crippen molar-refractivity contribution < 1.29 is 23.8 Å². The van der Waals surface area contributed by atoms with E-state index in [1.165, 1.54) is 4.90 Å². The Kier molecular flexibility index (Phi) is 4.58. The van der Waals surface area contributed by atoms with Gasteiger partial charge in [0.2, 0.25) is 0 Å². The second-order valence-corrected chi connectivity index (χ2v) is 7.40. The Morgan fingerprint density at radius 1 is 1.21 bits per heavy atom. The molecular weight excluding hydrogens is 360 g/mol. The molecule has 2 amide bonds.